The maximum absolute atomic E-state index is 11.5. The Kier molecular flexibility index (Phi) is 4.99. The van der Waals surface area contributed by atoms with E-state index in [9.17, 15) is 9.59 Å². The molecular weight excluding hydrogens is 234 g/mol. The molecule has 1 rings (SSSR count). The summed E-state index contributed by atoms with van der Waals surface area (Å²) in [6.07, 6.45) is 2.85. The van der Waals surface area contributed by atoms with E-state index in [4.69, 9.17) is 9.84 Å². The van der Waals surface area contributed by atoms with Crippen LogP contribution in [0.5, 0.6) is 0 Å². The van der Waals surface area contributed by atoms with E-state index in [0.29, 0.717) is 13.0 Å². The Morgan fingerprint density at radius 1 is 1.33 bits per heavy atom. The largest absolute Gasteiger partial charge is 0.481 e. The number of amides is 1. The monoisotopic (exact) mass is 257 g/mol. The van der Waals surface area contributed by atoms with E-state index in [0.717, 1.165) is 19.3 Å². The maximum atomic E-state index is 11.5. The van der Waals surface area contributed by atoms with Crippen molar-refractivity contribution in [2.45, 2.75) is 52.1 Å². The highest BCUT2D eigenvalue weighted by atomic mass is 16.6. The number of hydrogen-bond donors (Lipinski definition) is 2. The number of ether oxygens (including phenoxy) is 1. The molecular formula is C13H23NO4. The van der Waals surface area contributed by atoms with Gasteiger partial charge < -0.3 is 15.2 Å². The van der Waals surface area contributed by atoms with Gasteiger partial charge in [0, 0.05) is 6.54 Å². The van der Waals surface area contributed by atoms with Gasteiger partial charge in [-0.2, -0.15) is 0 Å². The van der Waals surface area contributed by atoms with Crippen molar-refractivity contribution in [3.05, 3.63) is 0 Å². The SMILES string of the molecule is CC(C)(C)OC(=O)NC[C@@H]1CCC[C@@H](C(=O)O)C1. The van der Waals surface area contributed by atoms with Crippen LogP contribution < -0.4 is 5.32 Å². The van der Waals surface area contributed by atoms with Gasteiger partial charge in [0.2, 0.25) is 0 Å². The Balaban J connectivity index is 2.31. The first-order valence-corrected chi connectivity index (χ1v) is 6.47. The van der Waals surface area contributed by atoms with E-state index in [-0.39, 0.29) is 11.8 Å². The molecule has 0 radical (unpaired) electrons. The number of aliphatic carboxylic acids is 1. The van der Waals surface area contributed by atoms with E-state index in [1.807, 2.05) is 20.8 Å². The number of hydrogen-bond acceptors (Lipinski definition) is 3. The lowest BCUT2D eigenvalue weighted by atomic mass is 9.81. The lowest BCUT2D eigenvalue weighted by Crippen LogP contribution is -2.37. The molecule has 1 fully saturated rings. The highest BCUT2D eigenvalue weighted by molar-refractivity contribution is 5.70. The summed E-state index contributed by atoms with van der Waals surface area (Å²) in [5, 5.41) is 11.7. The molecule has 0 unspecified atom stereocenters. The van der Waals surface area contributed by atoms with Gasteiger partial charge in [-0.05, 0) is 46.0 Å². The lowest BCUT2D eigenvalue weighted by molar-refractivity contribution is -0.143. The molecule has 104 valence electrons. The minimum atomic E-state index is -0.725. The number of alkyl carbamates (subject to hydrolysis) is 1. The number of carboxylic acid groups (broad SMARTS) is 1. The third-order valence-corrected chi connectivity index (χ3v) is 3.07. The first kappa shape index (κ1) is 14.8. The van der Waals surface area contributed by atoms with Gasteiger partial charge in [-0.3, -0.25) is 4.79 Å². The number of carbonyl (C=O) groups is 2. The van der Waals surface area contributed by atoms with Gasteiger partial charge in [0.1, 0.15) is 5.60 Å². The molecule has 0 bridgehead atoms. The molecule has 0 aliphatic heterocycles. The molecule has 1 saturated carbocycles. The molecule has 5 nitrogen and oxygen atoms in total. The fraction of sp³-hybridized carbons (Fsp3) is 0.846. The van der Waals surface area contributed by atoms with Crippen molar-refractivity contribution < 1.29 is 19.4 Å². The Morgan fingerprint density at radius 3 is 2.56 bits per heavy atom. The summed E-state index contributed by atoms with van der Waals surface area (Å²) in [6, 6.07) is 0. The number of carboxylic acids is 1. The first-order valence-electron chi connectivity index (χ1n) is 6.47. The molecule has 1 amide bonds. The Labute approximate surface area is 108 Å². The third-order valence-electron chi connectivity index (χ3n) is 3.07. The van der Waals surface area contributed by atoms with Crippen LogP contribution >= 0.6 is 0 Å². The average Bonchev–Trinajstić information content (AvgIpc) is 2.24. The zero-order valence-electron chi connectivity index (χ0n) is 11.4. The van der Waals surface area contributed by atoms with Crippen molar-refractivity contribution in [2.75, 3.05) is 6.54 Å². The van der Waals surface area contributed by atoms with Crippen LogP contribution in [0.3, 0.4) is 0 Å². The summed E-state index contributed by atoms with van der Waals surface area (Å²) in [5.41, 5.74) is -0.500. The second kappa shape index (κ2) is 6.07. The molecule has 0 heterocycles. The van der Waals surface area contributed by atoms with Gasteiger partial charge in [-0.25, -0.2) is 4.79 Å². The van der Waals surface area contributed by atoms with Crippen LogP contribution in [-0.4, -0.2) is 29.3 Å². The zero-order chi connectivity index (χ0) is 13.8. The minimum absolute atomic E-state index is 0.243. The van der Waals surface area contributed by atoms with E-state index in [2.05, 4.69) is 5.32 Å². The van der Waals surface area contributed by atoms with Crippen molar-refractivity contribution in [1.29, 1.82) is 0 Å². The quantitative estimate of drug-likeness (QED) is 0.814. The molecule has 2 N–H and O–H groups in total. The predicted octanol–water partition coefficient (Wildman–Crippen LogP) is 2.40. The second-order valence-corrected chi connectivity index (χ2v) is 5.95. The lowest BCUT2D eigenvalue weighted by Gasteiger charge is -2.27. The topological polar surface area (TPSA) is 75.6 Å². The summed E-state index contributed by atoms with van der Waals surface area (Å²) in [5.74, 6) is -0.742. The summed E-state index contributed by atoms with van der Waals surface area (Å²) in [6.45, 7) is 5.94. The van der Waals surface area contributed by atoms with E-state index in [1.54, 1.807) is 0 Å². The van der Waals surface area contributed by atoms with Gasteiger partial charge in [0.25, 0.3) is 0 Å². The standard InChI is InChI=1S/C13H23NO4/c1-13(2,3)18-12(17)14-8-9-5-4-6-10(7-9)11(15)16/h9-10H,4-8H2,1-3H3,(H,14,17)(H,15,16)/t9-,10-/m1/s1. The predicted molar refractivity (Wildman–Crippen MR) is 67.3 cm³/mol. The Hall–Kier alpha value is -1.26. The molecule has 1 aliphatic rings. The Morgan fingerprint density at radius 2 is 2.00 bits per heavy atom. The number of rotatable bonds is 3. The van der Waals surface area contributed by atoms with Crippen LogP contribution in [0, 0.1) is 11.8 Å². The van der Waals surface area contributed by atoms with Gasteiger partial charge in [0.05, 0.1) is 5.92 Å². The number of carbonyl (C=O) groups excluding carboxylic acids is 1. The van der Waals surface area contributed by atoms with Crippen LogP contribution in [0.25, 0.3) is 0 Å². The van der Waals surface area contributed by atoms with E-state index >= 15 is 0 Å². The summed E-state index contributed by atoms with van der Waals surface area (Å²) in [4.78, 5) is 22.4. The molecule has 5 heteroatoms. The summed E-state index contributed by atoms with van der Waals surface area (Å²) >= 11 is 0. The fourth-order valence-corrected chi connectivity index (χ4v) is 2.24. The fourth-order valence-electron chi connectivity index (χ4n) is 2.24. The minimum Gasteiger partial charge on any atom is -0.481 e. The van der Waals surface area contributed by atoms with Crippen LogP contribution in [-0.2, 0) is 9.53 Å². The molecule has 2 atom stereocenters. The summed E-state index contributed by atoms with van der Waals surface area (Å²) < 4.78 is 5.14. The molecule has 0 aromatic carbocycles. The highest BCUT2D eigenvalue weighted by Gasteiger charge is 2.27. The third kappa shape index (κ3) is 5.38. The first-order chi connectivity index (χ1) is 8.28. The smallest absolute Gasteiger partial charge is 0.407 e. The summed E-state index contributed by atoms with van der Waals surface area (Å²) in [7, 11) is 0. The van der Waals surface area contributed by atoms with Crippen LogP contribution in [0.1, 0.15) is 46.5 Å². The maximum Gasteiger partial charge on any atom is 0.407 e. The zero-order valence-corrected chi connectivity index (χ0v) is 11.4. The van der Waals surface area contributed by atoms with Crippen molar-refractivity contribution in [2.24, 2.45) is 11.8 Å². The highest BCUT2D eigenvalue weighted by Crippen LogP contribution is 2.28. The van der Waals surface area contributed by atoms with Crippen molar-refractivity contribution in [3.63, 3.8) is 0 Å². The molecule has 0 aromatic rings. The van der Waals surface area contributed by atoms with Gasteiger partial charge in [0.15, 0.2) is 0 Å². The van der Waals surface area contributed by atoms with Gasteiger partial charge in [-0.15, -0.1) is 0 Å². The number of nitrogens with one attached hydrogen (secondary N) is 1. The Bertz CT molecular complexity index is 309. The normalized spacial score (nSPS) is 24.4. The average molecular weight is 257 g/mol. The molecule has 0 spiro atoms. The van der Waals surface area contributed by atoms with E-state index < -0.39 is 17.7 Å². The second-order valence-electron chi connectivity index (χ2n) is 5.95. The van der Waals surface area contributed by atoms with Crippen LogP contribution in [0.4, 0.5) is 4.79 Å². The van der Waals surface area contributed by atoms with E-state index in [1.165, 1.54) is 0 Å². The van der Waals surface area contributed by atoms with Crippen LogP contribution in [0.2, 0.25) is 0 Å². The molecule has 18 heavy (non-hydrogen) atoms. The van der Waals surface area contributed by atoms with Gasteiger partial charge >= 0.3 is 12.1 Å². The van der Waals surface area contributed by atoms with Gasteiger partial charge in [-0.1, -0.05) is 6.42 Å². The molecule has 0 aromatic heterocycles. The van der Waals surface area contributed by atoms with Crippen molar-refractivity contribution in [3.8, 4) is 0 Å². The molecule has 1 aliphatic carbocycles. The van der Waals surface area contributed by atoms with Crippen molar-refractivity contribution in [1.82, 2.24) is 5.32 Å². The van der Waals surface area contributed by atoms with Crippen LogP contribution in [0.15, 0.2) is 0 Å². The molecule has 0 saturated heterocycles. The van der Waals surface area contributed by atoms with Crippen molar-refractivity contribution >= 4 is 12.1 Å².